The van der Waals surface area contributed by atoms with Crippen LogP contribution in [0.5, 0.6) is 0 Å². The first-order chi connectivity index (χ1) is 8.31. The largest absolute Gasteiger partial charge is 0.393 e. The number of aliphatic hydroxyl groups is 1. The summed E-state index contributed by atoms with van der Waals surface area (Å²) < 4.78 is 0. The molecule has 0 saturated heterocycles. The van der Waals surface area contributed by atoms with E-state index in [9.17, 15) is 5.11 Å². The van der Waals surface area contributed by atoms with Gasteiger partial charge in [0, 0.05) is 6.42 Å². The molecule has 0 aromatic rings. The van der Waals surface area contributed by atoms with E-state index in [1.807, 2.05) is 6.92 Å². The third-order valence-electron chi connectivity index (χ3n) is 4.87. The third kappa shape index (κ3) is 3.49. The molecule has 4 atom stereocenters. The lowest BCUT2D eigenvalue weighted by molar-refractivity contribution is 0.0320. The summed E-state index contributed by atoms with van der Waals surface area (Å²) in [5, 5.41) is 10.2. The number of rotatable bonds is 3. The fraction of sp³-hybridized carbons (Fsp3) is 0.875. The molecule has 2 aliphatic carbocycles. The summed E-state index contributed by atoms with van der Waals surface area (Å²) in [6.07, 6.45) is 11.3. The summed E-state index contributed by atoms with van der Waals surface area (Å²) in [7, 11) is 0. The molecule has 2 saturated carbocycles. The van der Waals surface area contributed by atoms with Gasteiger partial charge in [0.25, 0.3) is 0 Å². The molecule has 0 radical (unpaired) electrons. The molecule has 2 aliphatic rings. The Morgan fingerprint density at radius 1 is 1.12 bits per heavy atom. The van der Waals surface area contributed by atoms with Gasteiger partial charge >= 0.3 is 0 Å². The zero-order chi connectivity index (χ0) is 12.1. The zero-order valence-corrected chi connectivity index (χ0v) is 11.1. The molecular formula is C16H26O. The highest BCUT2D eigenvalue weighted by molar-refractivity contribution is 4.96. The predicted octanol–water partition coefficient (Wildman–Crippen LogP) is 3.76. The molecule has 2 rings (SSSR count). The molecule has 0 bridgehead atoms. The van der Waals surface area contributed by atoms with Crippen LogP contribution < -0.4 is 0 Å². The Balaban J connectivity index is 1.79. The molecule has 0 spiro atoms. The average Bonchev–Trinajstić information content (AvgIpc) is 2.38. The van der Waals surface area contributed by atoms with Gasteiger partial charge < -0.3 is 5.11 Å². The van der Waals surface area contributed by atoms with Crippen molar-refractivity contribution in [2.24, 2.45) is 17.8 Å². The first-order valence-corrected chi connectivity index (χ1v) is 7.39. The second kappa shape index (κ2) is 6.45. The van der Waals surface area contributed by atoms with Crippen LogP contribution in [-0.4, -0.2) is 11.2 Å². The second-order valence-corrected chi connectivity index (χ2v) is 5.91. The van der Waals surface area contributed by atoms with Gasteiger partial charge in [0.1, 0.15) is 0 Å². The van der Waals surface area contributed by atoms with Crippen molar-refractivity contribution < 1.29 is 5.11 Å². The van der Waals surface area contributed by atoms with E-state index in [2.05, 4.69) is 11.8 Å². The Labute approximate surface area is 106 Å². The van der Waals surface area contributed by atoms with Crippen LogP contribution in [0, 0.1) is 29.6 Å². The minimum absolute atomic E-state index is 0.0984. The van der Waals surface area contributed by atoms with Crippen molar-refractivity contribution in [3.05, 3.63) is 0 Å². The second-order valence-electron chi connectivity index (χ2n) is 5.91. The SMILES string of the molecule is CC#CCCC(O)C1CCC2CCCCC2C1. The topological polar surface area (TPSA) is 20.2 Å². The van der Waals surface area contributed by atoms with Crippen LogP contribution in [-0.2, 0) is 0 Å². The third-order valence-corrected chi connectivity index (χ3v) is 4.87. The maximum Gasteiger partial charge on any atom is 0.0577 e. The Bertz CT molecular complexity index is 286. The van der Waals surface area contributed by atoms with Crippen molar-refractivity contribution in [2.45, 2.75) is 70.8 Å². The van der Waals surface area contributed by atoms with E-state index >= 15 is 0 Å². The van der Waals surface area contributed by atoms with E-state index in [1.54, 1.807) is 0 Å². The molecule has 4 unspecified atom stereocenters. The molecule has 0 aromatic heterocycles. The van der Waals surface area contributed by atoms with Crippen molar-refractivity contribution >= 4 is 0 Å². The highest BCUT2D eigenvalue weighted by Crippen LogP contribution is 2.43. The van der Waals surface area contributed by atoms with Gasteiger partial charge in [-0.2, -0.15) is 0 Å². The standard InChI is InChI=1S/C16H26O/c1-2-3-4-9-16(17)15-11-10-13-7-5-6-8-14(13)12-15/h13-17H,4-12H2,1H3. The van der Waals surface area contributed by atoms with E-state index in [0.717, 1.165) is 24.7 Å². The maximum atomic E-state index is 10.2. The minimum Gasteiger partial charge on any atom is -0.393 e. The van der Waals surface area contributed by atoms with Crippen molar-refractivity contribution in [3.63, 3.8) is 0 Å². The monoisotopic (exact) mass is 234 g/mol. The van der Waals surface area contributed by atoms with Gasteiger partial charge in [-0.05, 0) is 50.4 Å². The van der Waals surface area contributed by atoms with Crippen LogP contribution in [0.1, 0.15) is 64.7 Å². The van der Waals surface area contributed by atoms with E-state index < -0.39 is 0 Å². The molecule has 0 aliphatic heterocycles. The molecule has 1 nitrogen and oxygen atoms in total. The van der Waals surface area contributed by atoms with E-state index in [0.29, 0.717) is 5.92 Å². The van der Waals surface area contributed by atoms with Crippen LogP contribution in [0.4, 0.5) is 0 Å². The highest BCUT2D eigenvalue weighted by atomic mass is 16.3. The van der Waals surface area contributed by atoms with Gasteiger partial charge in [-0.3, -0.25) is 0 Å². The quantitative estimate of drug-likeness (QED) is 0.737. The molecule has 1 heteroatoms. The van der Waals surface area contributed by atoms with Gasteiger partial charge in [0.2, 0.25) is 0 Å². The number of aliphatic hydroxyl groups excluding tert-OH is 1. The molecule has 2 fully saturated rings. The number of hydrogen-bond donors (Lipinski definition) is 1. The highest BCUT2D eigenvalue weighted by Gasteiger charge is 2.34. The predicted molar refractivity (Wildman–Crippen MR) is 71.5 cm³/mol. The lowest BCUT2D eigenvalue weighted by atomic mass is 9.66. The number of hydrogen-bond acceptors (Lipinski definition) is 1. The van der Waals surface area contributed by atoms with Crippen LogP contribution in [0.25, 0.3) is 0 Å². The van der Waals surface area contributed by atoms with Crippen molar-refractivity contribution in [2.75, 3.05) is 0 Å². The summed E-state index contributed by atoms with van der Waals surface area (Å²) >= 11 is 0. The smallest absolute Gasteiger partial charge is 0.0577 e. The van der Waals surface area contributed by atoms with Crippen LogP contribution >= 0.6 is 0 Å². The first-order valence-electron chi connectivity index (χ1n) is 7.39. The van der Waals surface area contributed by atoms with Gasteiger partial charge in [0.15, 0.2) is 0 Å². The molecule has 0 aromatic carbocycles. The van der Waals surface area contributed by atoms with Gasteiger partial charge in [-0.15, -0.1) is 11.8 Å². The summed E-state index contributed by atoms with van der Waals surface area (Å²) in [5.41, 5.74) is 0. The Hall–Kier alpha value is -0.480. The molecule has 0 amide bonds. The van der Waals surface area contributed by atoms with Gasteiger partial charge in [-0.25, -0.2) is 0 Å². The normalized spacial score (nSPS) is 34.4. The lowest BCUT2D eigenvalue weighted by Gasteiger charge is -2.40. The van der Waals surface area contributed by atoms with Crippen molar-refractivity contribution in [3.8, 4) is 11.8 Å². The molecule has 96 valence electrons. The Morgan fingerprint density at radius 3 is 2.65 bits per heavy atom. The van der Waals surface area contributed by atoms with Gasteiger partial charge in [0.05, 0.1) is 6.10 Å². The molecule has 17 heavy (non-hydrogen) atoms. The summed E-state index contributed by atoms with van der Waals surface area (Å²) in [6.45, 7) is 1.87. The van der Waals surface area contributed by atoms with E-state index in [4.69, 9.17) is 0 Å². The molecular weight excluding hydrogens is 208 g/mol. The molecule has 1 N–H and O–H groups in total. The summed E-state index contributed by atoms with van der Waals surface area (Å²) in [6, 6.07) is 0. The average molecular weight is 234 g/mol. The lowest BCUT2D eigenvalue weighted by Crippen LogP contribution is -2.33. The summed E-state index contributed by atoms with van der Waals surface area (Å²) in [5.74, 6) is 8.45. The fourth-order valence-corrected chi connectivity index (χ4v) is 3.84. The Morgan fingerprint density at radius 2 is 1.88 bits per heavy atom. The summed E-state index contributed by atoms with van der Waals surface area (Å²) in [4.78, 5) is 0. The van der Waals surface area contributed by atoms with E-state index in [1.165, 1.54) is 44.9 Å². The van der Waals surface area contributed by atoms with Crippen molar-refractivity contribution in [1.29, 1.82) is 0 Å². The fourth-order valence-electron chi connectivity index (χ4n) is 3.84. The van der Waals surface area contributed by atoms with Crippen LogP contribution in [0.15, 0.2) is 0 Å². The van der Waals surface area contributed by atoms with Crippen molar-refractivity contribution in [1.82, 2.24) is 0 Å². The minimum atomic E-state index is -0.0984. The van der Waals surface area contributed by atoms with Crippen LogP contribution in [0.2, 0.25) is 0 Å². The van der Waals surface area contributed by atoms with Crippen LogP contribution in [0.3, 0.4) is 0 Å². The van der Waals surface area contributed by atoms with E-state index in [-0.39, 0.29) is 6.10 Å². The number of fused-ring (bicyclic) bond motifs is 1. The Kier molecular flexibility index (Phi) is 4.92. The maximum absolute atomic E-state index is 10.2. The molecule has 0 heterocycles. The van der Waals surface area contributed by atoms with Gasteiger partial charge in [-0.1, -0.05) is 25.7 Å². The first kappa shape index (κ1) is 13.0. The zero-order valence-electron chi connectivity index (χ0n) is 11.1.